The average Bonchev–Trinajstić information content (AvgIpc) is 3.15. The lowest BCUT2D eigenvalue weighted by atomic mass is 10.1. The smallest absolute Gasteiger partial charge is 0.318 e. The predicted octanol–water partition coefficient (Wildman–Crippen LogP) is 1.59. The van der Waals surface area contributed by atoms with E-state index in [1.54, 1.807) is 0 Å². The molecule has 23 heavy (non-hydrogen) atoms. The molecule has 1 atom stereocenters. The number of ether oxygens (including phenoxy) is 1. The highest BCUT2D eigenvalue weighted by Crippen LogP contribution is 2.32. The van der Waals surface area contributed by atoms with Gasteiger partial charge < -0.3 is 19.5 Å². The molecule has 1 aromatic heterocycles. The molecule has 0 saturated heterocycles. The number of carbonyl (C=O) groups is 1. The van der Waals surface area contributed by atoms with E-state index in [0.29, 0.717) is 26.3 Å². The van der Waals surface area contributed by atoms with Crippen LogP contribution in [0.2, 0.25) is 0 Å². The van der Waals surface area contributed by atoms with Crippen LogP contribution >= 0.6 is 0 Å². The van der Waals surface area contributed by atoms with Crippen molar-refractivity contribution in [3.63, 3.8) is 0 Å². The molecule has 0 fully saturated rings. The fourth-order valence-corrected chi connectivity index (χ4v) is 3.27. The first-order valence-electron chi connectivity index (χ1n) is 7.85. The fourth-order valence-electron chi connectivity index (χ4n) is 3.27. The van der Waals surface area contributed by atoms with Crippen molar-refractivity contribution >= 4 is 6.03 Å². The molecule has 3 heterocycles. The van der Waals surface area contributed by atoms with Crippen LogP contribution in [0.4, 0.5) is 4.79 Å². The van der Waals surface area contributed by atoms with Crippen molar-refractivity contribution in [3.8, 4) is 0 Å². The summed E-state index contributed by atoms with van der Waals surface area (Å²) in [6.45, 7) is 4.96. The Bertz CT molecular complexity index is 742. The van der Waals surface area contributed by atoms with Crippen molar-refractivity contribution in [1.29, 1.82) is 0 Å². The number of carbonyl (C=O) groups excluding carboxylic acids is 1. The molecular weight excluding hydrogens is 294 g/mol. The maximum absolute atomic E-state index is 12.5. The second-order valence-electron chi connectivity index (χ2n) is 5.90. The van der Waals surface area contributed by atoms with Crippen LogP contribution in [0.5, 0.6) is 0 Å². The largest absolute Gasteiger partial charge is 0.372 e. The van der Waals surface area contributed by atoms with Crippen LogP contribution < -0.4 is 5.32 Å². The summed E-state index contributed by atoms with van der Waals surface area (Å²) < 4.78 is 7.37. The Morgan fingerprint density at radius 1 is 1.39 bits per heavy atom. The van der Waals surface area contributed by atoms with Gasteiger partial charge in [0.25, 0.3) is 0 Å². The van der Waals surface area contributed by atoms with Gasteiger partial charge in [0.2, 0.25) is 0 Å². The third-order valence-corrected chi connectivity index (χ3v) is 4.57. The van der Waals surface area contributed by atoms with Crippen molar-refractivity contribution < 1.29 is 9.53 Å². The van der Waals surface area contributed by atoms with Crippen molar-refractivity contribution in [2.45, 2.75) is 39.2 Å². The van der Waals surface area contributed by atoms with Crippen LogP contribution in [-0.4, -0.2) is 32.3 Å². The van der Waals surface area contributed by atoms with E-state index in [0.717, 1.165) is 18.2 Å². The summed E-state index contributed by atoms with van der Waals surface area (Å²) in [4.78, 5) is 14.4. The molecule has 2 aromatic rings. The van der Waals surface area contributed by atoms with Crippen LogP contribution in [0.3, 0.4) is 0 Å². The maximum atomic E-state index is 12.5. The Labute approximate surface area is 134 Å². The third kappa shape index (κ3) is 2.46. The summed E-state index contributed by atoms with van der Waals surface area (Å²) in [7, 11) is 0. The molecular formula is C16H19N5O2. The maximum Gasteiger partial charge on any atom is 0.318 e. The van der Waals surface area contributed by atoms with Gasteiger partial charge in [-0.3, -0.25) is 0 Å². The van der Waals surface area contributed by atoms with Gasteiger partial charge in [0.05, 0.1) is 19.2 Å². The van der Waals surface area contributed by atoms with E-state index >= 15 is 0 Å². The zero-order valence-corrected chi connectivity index (χ0v) is 13.0. The predicted molar refractivity (Wildman–Crippen MR) is 82.3 cm³/mol. The van der Waals surface area contributed by atoms with Crippen LogP contribution in [0.15, 0.2) is 24.3 Å². The molecule has 120 valence electrons. The van der Waals surface area contributed by atoms with E-state index < -0.39 is 0 Å². The highest BCUT2D eigenvalue weighted by atomic mass is 16.5. The summed E-state index contributed by atoms with van der Waals surface area (Å²) in [6, 6.07) is 8.21. The number of hydrogen-bond acceptors (Lipinski definition) is 4. The Hall–Kier alpha value is -2.41. The van der Waals surface area contributed by atoms with Gasteiger partial charge in [-0.25, -0.2) is 4.79 Å². The molecule has 1 aromatic carbocycles. The first-order valence-corrected chi connectivity index (χ1v) is 7.85. The molecule has 4 rings (SSSR count). The molecule has 0 aliphatic carbocycles. The van der Waals surface area contributed by atoms with Gasteiger partial charge in [-0.15, -0.1) is 10.2 Å². The molecule has 2 aliphatic rings. The molecule has 0 saturated carbocycles. The van der Waals surface area contributed by atoms with Crippen LogP contribution in [0, 0.1) is 0 Å². The highest BCUT2D eigenvalue weighted by molar-refractivity contribution is 5.75. The van der Waals surface area contributed by atoms with Gasteiger partial charge in [-0.1, -0.05) is 24.3 Å². The number of benzene rings is 1. The standard InChI is InChI=1S/C16H19N5O2/c1-11-13-5-3-2-4-12(13)9-21(11)16(22)17-8-14-18-19-15-10-23-7-6-20(14)15/h2-5,11H,6-10H2,1H3,(H,17,22)/t11-/m0/s1. The van der Waals surface area contributed by atoms with E-state index in [2.05, 4.69) is 34.6 Å². The van der Waals surface area contributed by atoms with E-state index in [1.165, 1.54) is 11.1 Å². The molecule has 2 amide bonds. The highest BCUT2D eigenvalue weighted by Gasteiger charge is 2.30. The quantitative estimate of drug-likeness (QED) is 0.914. The first kappa shape index (κ1) is 14.2. The zero-order chi connectivity index (χ0) is 15.8. The first-order chi connectivity index (χ1) is 11.2. The van der Waals surface area contributed by atoms with Gasteiger partial charge in [-0.05, 0) is 18.1 Å². The SMILES string of the molecule is C[C@H]1c2ccccc2CN1C(=O)NCc1nnc2n1CCOC2. The van der Waals surface area contributed by atoms with Gasteiger partial charge in [-0.2, -0.15) is 0 Å². The van der Waals surface area contributed by atoms with Crippen molar-refractivity contribution in [1.82, 2.24) is 25.0 Å². The summed E-state index contributed by atoms with van der Waals surface area (Å²) in [5, 5.41) is 11.2. The average molecular weight is 313 g/mol. The molecule has 0 spiro atoms. The van der Waals surface area contributed by atoms with E-state index in [9.17, 15) is 4.79 Å². The number of nitrogens with zero attached hydrogens (tertiary/aromatic N) is 4. The lowest BCUT2D eigenvalue weighted by Gasteiger charge is -2.22. The number of nitrogens with one attached hydrogen (secondary N) is 1. The lowest BCUT2D eigenvalue weighted by molar-refractivity contribution is 0.0805. The minimum absolute atomic E-state index is 0.0712. The Balaban J connectivity index is 1.43. The van der Waals surface area contributed by atoms with Crippen LogP contribution in [0.25, 0.3) is 0 Å². The van der Waals surface area contributed by atoms with Crippen LogP contribution in [-0.2, 0) is 31.0 Å². The molecule has 7 nitrogen and oxygen atoms in total. The molecule has 2 aliphatic heterocycles. The van der Waals surface area contributed by atoms with Crippen LogP contribution in [0.1, 0.15) is 35.7 Å². The summed E-state index contributed by atoms with van der Waals surface area (Å²) in [6.07, 6.45) is 0. The van der Waals surface area contributed by atoms with Crippen molar-refractivity contribution in [3.05, 3.63) is 47.0 Å². The van der Waals surface area contributed by atoms with E-state index in [4.69, 9.17) is 4.74 Å². The van der Waals surface area contributed by atoms with Crippen molar-refractivity contribution in [2.75, 3.05) is 6.61 Å². The fraction of sp³-hybridized carbons (Fsp3) is 0.438. The van der Waals surface area contributed by atoms with Gasteiger partial charge in [0.1, 0.15) is 6.61 Å². The van der Waals surface area contributed by atoms with Gasteiger partial charge in [0.15, 0.2) is 11.6 Å². The molecule has 0 unspecified atom stereocenters. The van der Waals surface area contributed by atoms with Gasteiger partial charge in [0, 0.05) is 13.1 Å². The minimum atomic E-state index is -0.0712. The summed E-state index contributed by atoms with van der Waals surface area (Å²) in [5.41, 5.74) is 2.44. The normalized spacial score (nSPS) is 19.3. The third-order valence-electron chi connectivity index (χ3n) is 4.57. The topological polar surface area (TPSA) is 72.3 Å². The molecule has 1 N–H and O–H groups in total. The van der Waals surface area contributed by atoms with Gasteiger partial charge >= 0.3 is 6.03 Å². The second kappa shape index (κ2) is 5.66. The number of aromatic nitrogens is 3. The molecule has 0 radical (unpaired) electrons. The molecule has 0 bridgehead atoms. The lowest BCUT2D eigenvalue weighted by Crippen LogP contribution is -2.38. The zero-order valence-electron chi connectivity index (χ0n) is 13.0. The monoisotopic (exact) mass is 313 g/mol. The van der Waals surface area contributed by atoms with E-state index in [-0.39, 0.29) is 12.1 Å². The summed E-state index contributed by atoms with van der Waals surface area (Å²) >= 11 is 0. The number of amides is 2. The minimum Gasteiger partial charge on any atom is -0.372 e. The second-order valence-corrected chi connectivity index (χ2v) is 5.90. The Kier molecular flexibility index (Phi) is 3.49. The number of urea groups is 1. The number of fused-ring (bicyclic) bond motifs is 2. The van der Waals surface area contributed by atoms with Crippen molar-refractivity contribution in [2.24, 2.45) is 0 Å². The Morgan fingerprint density at radius 2 is 2.26 bits per heavy atom. The Morgan fingerprint density at radius 3 is 3.13 bits per heavy atom. The number of hydrogen-bond donors (Lipinski definition) is 1. The summed E-state index contributed by atoms with van der Waals surface area (Å²) in [5.74, 6) is 1.60. The molecule has 7 heteroatoms. The van der Waals surface area contributed by atoms with E-state index in [1.807, 2.05) is 21.6 Å². The number of rotatable bonds is 2.